The standard InChI is InChI=1S/C10H14N2O2S/c1-2-15(13,14)7-8-4-3-5-9(6-8)10(11)12/h3-6H,2,7H2,1H3,(H3,11,12). The van der Waals surface area contributed by atoms with Crippen LogP contribution in [0.5, 0.6) is 0 Å². The summed E-state index contributed by atoms with van der Waals surface area (Å²) >= 11 is 0. The zero-order chi connectivity index (χ0) is 11.5. The van der Waals surface area contributed by atoms with Gasteiger partial charge in [-0.15, -0.1) is 0 Å². The highest BCUT2D eigenvalue weighted by molar-refractivity contribution is 7.90. The van der Waals surface area contributed by atoms with Crippen molar-refractivity contribution in [3.63, 3.8) is 0 Å². The van der Waals surface area contributed by atoms with Crippen LogP contribution in [0, 0.1) is 5.41 Å². The summed E-state index contributed by atoms with van der Waals surface area (Å²) in [6, 6.07) is 6.75. The molecule has 0 atom stereocenters. The van der Waals surface area contributed by atoms with Gasteiger partial charge in [0.15, 0.2) is 9.84 Å². The second-order valence-electron chi connectivity index (χ2n) is 3.29. The van der Waals surface area contributed by atoms with Crippen LogP contribution in [0.25, 0.3) is 0 Å². The molecule has 82 valence electrons. The van der Waals surface area contributed by atoms with Gasteiger partial charge in [-0.1, -0.05) is 25.1 Å². The normalized spacial score (nSPS) is 11.3. The number of hydrogen-bond acceptors (Lipinski definition) is 3. The summed E-state index contributed by atoms with van der Waals surface area (Å²) in [7, 11) is -3.03. The van der Waals surface area contributed by atoms with Crippen molar-refractivity contribution in [2.75, 3.05) is 5.75 Å². The summed E-state index contributed by atoms with van der Waals surface area (Å²) in [4.78, 5) is 0. The van der Waals surface area contributed by atoms with Crippen LogP contribution < -0.4 is 5.73 Å². The molecule has 0 aromatic heterocycles. The number of amidine groups is 1. The van der Waals surface area contributed by atoms with E-state index >= 15 is 0 Å². The fourth-order valence-electron chi connectivity index (χ4n) is 1.18. The predicted octanol–water partition coefficient (Wildman–Crippen LogP) is 0.905. The molecule has 15 heavy (non-hydrogen) atoms. The van der Waals surface area contributed by atoms with Crippen LogP contribution in [-0.2, 0) is 15.6 Å². The van der Waals surface area contributed by atoms with Gasteiger partial charge in [0.05, 0.1) is 5.75 Å². The number of benzene rings is 1. The lowest BCUT2D eigenvalue weighted by Gasteiger charge is -2.04. The van der Waals surface area contributed by atoms with E-state index in [0.29, 0.717) is 11.1 Å². The third-order valence-electron chi connectivity index (χ3n) is 2.06. The van der Waals surface area contributed by atoms with E-state index in [1.54, 1.807) is 31.2 Å². The van der Waals surface area contributed by atoms with Crippen molar-refractivity contribution in [2.24, 2.45) is 5.73 Å². The van der Waals surface area contributed by atoms with Crippen LogP contribution in [0.15, 0.2) is 24.3 Å². The van der Waals surface area contributed by atoms with Crippen molar-refractivity contribution in [1.82, 2.24) is 0 Å². The van der Waals surface area contributed by atoms with E-state index in [2.05, 4.69) is 0 Å². The van der Waals surface area contributed by atoms with Gasteiger partial charge in [-0.3, -0.25) is 5.41 Å². The Kier molecular flexibility index (Phi) is 3.47. The highest BCUT2D eigenvalue weighted by atomic mass is 32.2. The Morgan fingerprint density at radius 2 is 2.13 bits per heavy atom. The van der Waals surface area contributed by atoms with Crippen molar-refractivity contribution in [2.45, 2.75) is 12.7 Å². The lowest BCUT2D eigenvalue weighted by Crippen LogP contribution is -2.12. The second kappa shape index (κ2) is 4.44. The molecule has 5 heteroatoms. The van der Waals surface area contributed by atoms with Crippen molar-refractivity contribution in [3.05, 3.63) is 35.4 Å². The summed E-state index contributed by atoms with van der Waals surface area (Å²) in [5.41, 5.74) is 6.54. The van der Waals surface area contributed by atoms with E-state index in [4.69, 9.17) is 11.1 Å². The highest BCUT2D eigenvalue weighted by Gasteiger charge is 2.09. The average molecular weight is 226 g/mol. The fraction of sp³-hybridized carbons (Fsp3) is 0.300. The first-order valence-corrected chi connectivity index (χ1v) is 6.40. The summed E-state index contributed by atoms with van der Waals surface area (Å²) in [5, 5.41) is 7.24. The Hall–Kier alpha value is -1.36. The molecule has 1 aromatic carbocycles. The molecule has 0 unspecified atom stereocenters. The van der Waals surface area contributed by atoms with Gasteiger partial charge in [0, 0.05) is 11.3 Å². The first-order chi connectivity index (χ1) is 6.94. The summed E-state index contributed by atoms with van der Waals surface area (Å²) < 4.78 is 22.7. The maximum absolute atomic E-state index is 11.4. The molecular weight excluding hydrogens is 212 g/mol. The third kappa shape index (κ3) is 3.36. The zero-order valence-electron chi connectivity index (χ0n) is 8.53. The molecule has 1 aromatic rings. The Morgan fingerprint density at radius 3 is 2.67 bits per heavy atom. The molecule has 0 aliphatic heterocycles. The number of sulfone groups is 1. The molecule has 0 fully saturated rings. The Bertz CT molecular complexity index is 466. The molecule has 3 N–H and O–H groups in total. The van der Waals surface area contributed by atoms with Crippen LogP contribution in [0.2, 0.25) is 0 Å². The minimum atomic E-state index is -3.03. The Balaban J connectivity index is 2.97. The Morgan fingerprint density at radius 1 is 1.47 bits per heavy atom. The van der Waals surface area contributed by atoms with Gasteiger partial charge >= 0.3 is 0 Å². The third-order valence-corrected chi connectivity index (χ3v) is 3.72. The monoisotopic (exact) mass is 226 g/mol. The van der Waals surface area contributed by atoms with Crippen molar-refractivity contribution < 1.29 is 8.42 Å². The molecule has 0 saturated heterocycles. The van der Waals surface area contributed by atoms with Crippen molar-refractivity contribution in [1.29, 1.82) is 5.41 Å². The molecular formula is C10H14N2O2S. The van der Waals surface area contributed by atoms with Crippen LogP contribution in [0.4, 0.5) is 0 Å². The number of hydrogen-bond donors (Lipinski definition) is 2. The van der Waals surface area contributed by atoms with Crippen LogP contribution in [0.1, 0.15) is 18.1 Å². The van der Waals surface area contributed by atoms with Crippen LogP contribution in [0.3, 0.4) is 0 Å². The van der Waals surface area contributed by atoms with E-state index in [9.17, 15) is 8.42 Å². The SMILES string of the molecule is CCS(=O)(=O)Cc1cccc(C(=N)N)c1. The lowest BCUT2D eigenvalue weighted by atomic mass is 10.1. The van der Waals surface area contributed by atoms with Gasteiger partial charge in [-0.2, -0.15) is 0 Å². The van der Waals surface area contributed by atoms with Gasteiger partial charge < -0.3 is 5.73 Å². The largest absolute Gasteiger partial charge is 0.384 e. The minimum Gasteiger partial charge on any atom is -0.384 e. The number of nitrogens with one attached hydrogen (secondary N) is 1. The zero-order valence-corrected chi connectivity index (χ0v) is 9.34. The minimum absolute atomic E-state index is 0.00458. The van der Waals surface area contributed by atoms with E-state index in [0.717, 1.165) is 0 Å². The maximum Gasteiger partial charge on any atom is 0.154 e. The van der Waals surface area contributed by atoms with Crippen LogP contribution >= 0.6 is 0 Å². The molecule has 4 nitrogen and oxygen atoms in total. The van der Waals surface area contributed by atoms with E-state index in [-0.39, 0.29) is 17.3 Å². The topological polar surface area (TPSA) is 84.0 Å². The molecule has 0 aliphatic rings. The van der Waals surface area contributed by atoms with Gasteiger partial charge in [-0.25, -0.2) is 8.42 Å². The fourth-order valence-corrected chi connectivity index (χ4v) is 2.08. The lowest BCUT2D eigenvalue weighted by molar-refractivity contribution is 0.596. The van der Waals surface area contributed by atoms with Crippen molar-refractivity contribution >= 4 is 15.7 Å². The Labute approximate surface area is 89.5 Å². The van der Waals surface area contributed by atoms with E-state index < -0.39 is 9.84 Å². The summed E-state index contributed by atoms with van der Waals surface area (Å²) in [6.07, 6.45) is 0. The molecule has 0 bridgehead atoms. The average Bonchev–Trinajstić information content (AvgIpc) is 2.17. The molecule has 0 radical (unpaired) electrons. The maximum atomic E-state index is 11.4. The first kappa shape index (κ1) is 11.7. The van der Waals surface area contributed by atoms with Crippen LogP contribution in [-0.4, -0.2) is 20.0 Å². The quantitative estimate of drug-likeness (QED) is 0.591. The van der Waals surface area contributed by atoms with Gasteiger partial charge in [0.2, 0.25) is 0 Å². The predicted molar refractivity (Wildman–Crippen MR) is 60.6 cm³/mol. The number of nitrogens with two attached hydrogens (primary N) is 1. The van der Waals surface area contributed by atoms with Gasteiger partial charge in [0.1, 0.15) is 5.84 Å². The van der Waals surface area contributed by atoms with Gasteiger partial charge in [0.25, 0.3) is 0 Å². The number of nitrogen functional groups attached to an aromatic ring is 1. The second-order valence-corrected chi connectivity index (χ2v) is 5.64. The molecule has 0 heterocycles. The molecule has 0 saturated carbocycles. The number of rotatable bonds is 4. The van der Waals surface area contributed by atoms with E-state index in [1.165, 1.54) is 0 Å². The molecule has 0 aliphatic carbocycles. The van der Waals surface area contributed by atoms with Crippen molar-refractivity contribution in [3.8, 4) is 0 Å². The summed E-state index contributed by atoms with van der Waals surface area (Å²) in [6.45, 7) is 1.62. The first-order valence-electron chi connectivity index (χ1n) is 4.58. The van der Waals surface area contributed by atoms with Gasteiger partial charge in [-0.05, 0) is 11.6 Å². The van der Waals surface area contributed by atoms with E-state index in [1.807, 2.05) is 0 Å². The molecule has 0 amide bonds. The smallest absolute Gasteiger partial charge is 0.154 e. The molecule has 0 spiro atoms. The highest BCUT2D eigenvalue weighted by Crippen LogP contribution is 2.09. The summed E-state index contributed by atoms with van der Waals surface area (Å²) in [5.74, 6) is 0.0767. The molecule has 1 rings (SSSR count).